The molecule has 0 radical (unpaired) electrons. The van der Waals surface area contributed by atoms with E-state index in [0.717, 1.165) is 22.7 Å². The van der Waals surface area contributed by atoms with E-state index in [1.807, 2.05) is 0 Å². The lowest BCUT2D eigenvalue weighted by molar-refractivity contribution is 1.19. The third-order valence-electron chi connectivity index (χ3n) is 10.3. The highest BCUT2D eigenvalue weighted by Gasteiger charge is 2.21. The van der Waals surface area contributed by atoms with E-state index >= 15 is 0 Å². The third kappa shape index (κ3) is 5.04. The average Bonchev–Trinajstić information content (AvgIpc) is 3.57. The predicted octanol–water partition coefficient (Wildman–Crippen LogP) is 13.9. The molecule has 9 aromatic carbocycles. The zero-order valence-electron chi connectivity index (χ0n) is 28.5. The Morgan fingerprint density at radius 3 is 1.63 bits per heavy atom. The number of anilines is 3. The summed E-state index contributed by atoms with van der Waals surface area (Å²) in [6.07, 6.45) is 0. The maximum absolute atomic E-state index is 2.50. The van der Waals surface area contributed by atoms with Gasteiger partial charge in [-0.15, -0.1) is 0 Å². The highest BCUT2D eigenvalue weighted by Crippen LogP contribution is 2.45. The normalized spacial score (nSPS) is 11.5. The van der Waals surface area contributed by atoms with Crippen molar-refractivity contribution in [2.75, 3.05) is 4.90 Å². The van der Waals surface area contributed by atoms with Crippen molar-refractivity contribution < 1.29 is 0 Å². The maximum Gasteiger partial charge on any atom is 0.0625 e. The van der Waals surface area contributed by atoms with E-state index in [0.29, 0.717) is 0 Å². The topological polar surface area (TPSA) is 8.17 Å². The predicted molar refractivity (Wildman–Crippen MR) is 221 cm³/mol. The molecule has 1 aromatic heterocycles. The first kappa shape index (κ1) is 30.0. The van der Waals surface area contributed by atoms with Crippen LogP contribution in [0.5, 0.6) is 0 Å². The molecule has 0 saturated heterocycles. The molecule has 0 saturated carbocycles. The van der Waals surface area contributed by atoms with Crippen molar-refractivity contribution in [3.05, 3.63) is 206 Å². The Hall–Kier alpha value is -6.90. The van der Waals surface area contributed by atoms with Gasteiger partial charge in [-0.1, -0.05) is 146 Å². The number of hydrogen-bond donors (Lipinski definition) is 0. The molecule has 0 aliphatic carbocycles. The van der Waals surface area contributed by atoms with Crippen LogP contribution >= 0.6 is 0 Å². The van der Waals surface area contributed by atoms with Crippen LogP contribution in [0.15, 0.2) is 206 Å². The van der Waals surface area contributed by atoms with E-state index in [4.69, 9.17) is 0 Å². The molecule has 0 amide bonds. The molecule has 2 nitrogen and oxygen atoms in total. The smallest absolute Gasteiger partial charge is 0.0625 e. The van der Waals surface area contributed by atoms with E-state index < -0.39 is 0 Å². The van der Waals surface area contributed by atoms with E-state index in [1.54, 1.807) is 0 Å². The summed E-state index contributed by atoms with van der Waals surface area (Å²) in [4.78, 5) is 2.32. The molecular formula is C50H34N2. The van der Waals surface area contributed by atoms with Crippen molar-refractivity contribution in [1.29, 1.82) is 0 Å². The average molecular weight is 663 g/mol. The molecule has 10 rings (SSSR count). The zero-order valence-corrected chi connectivity index (χ0v) is 28.5. The van der Waals surface area contributed by atoms with Crippen LogP contribution in [-0.2, 0) is 0 Å². The molecule has 52 heavy (non-hydrogen) atoms. The number of benzene rings is 9. The van der Waals surface area contributed by atoms with Gasteiger partial charge in [-0.2, -0.15) is 0 Å². The Kier molecular flexibility index (Phi) is 7.18. The molecule has 10 aromatic rings. The molecule has 0 aliphatic rings. The molecule has 0 fully saturated rings. The number of rotatable bonds is 6. The summed E-state index contributed by atoms with van der Waals surface area (Å²) in [6.45, 7) is 0. The number of aromatic nitrogens is 1. The van der Waals surface area contributed by atoms with Crippen LogP contribution in [0.2, 0.25) is 0 Å². The van der Waals surface area contributed by atoms with Gasteiger partial charge in [-0.25, -0.2) is 0 Å². The standard InChI is InChI=1S/C50H34N2/c1-4-14-35(15-5-1)39-27-31-46-48(34-39)52(44-30-24-36-16-10-11-17-38(36)32-44)50-45-23-13-12-18-40(45)33-47(49(46)50)37-25-28-43(29-26-37)51(41-19-6-2-7-20-41)42-21-8-3-9-22-42/h1-34H. The zero-order chi connectivity index (χ0) is 34.4. The quantitative estimate of drug-likeness (QED) is 0.172. The van der Waals surface area contributed by atoms with Gasteiger partial charge in [-0.05, 0) is 99.1 Å². The van der Waals surface area contributed by atoms with Crippen molar-refractivity contribution in [1.82, 2.24) is 4.57 Å². The lowest BCUT2D eigenvalue weighted by Crippen LogP contribution is -2.09. The summed E-state index contributed by atoms with van der Waals surface area (Å²) in [7, 11) is 0. The summed E-state index contributed by atoms with van der Waals surface area (Å²) in [5, 5.41) is 7.43. The van der Waals surface area contributed by atoms with Crippen LogP contribution in [0, 0.1) is 0 Å². The lowest BCUT2D eigenvalue weighted by atomic mass is 9.94. The molecule has 0 N–H and O–H groups in total. The van der Waals surface area contributed by atoms with Crippen LogP contribution in [0.3, 0.4) is 0 Å². The lowest BCUT2D eigenvalue weighted by Gasteiger charge is -2.25. The first-order valence-corrected chi connectivity index (χ1v) is 17.9. The Labute approximate surface area is 303 Å². The van der Waals surface area contributed by atoms with Gasteiger partial charge in [0.15, 0.2) is 0 Å². The van der Waals surface area contributed by atoms with E-state index in [2.05, 4.69) is 216 Å². The van der Waals surface area contributed by atoms with Gasteiger partial charge in [0.2, 0.25) is 0 Å². The summed E-state index contributed by atoms with van der Waals surface area (Å²) in [5.41, 5.74) is 11.8. The molecule has 0 aliphatic heterocycles. The first-order chi connectivity index (χ1) is 25.8. The molecule has 0 bridgehead atoms. The van der Waals surface area contributed by atoms with Gasteiger partial charge >= 0.3 is 0 Å². The Morgan fingerprint density at radius 1 is 0.346 bits per heavy atom. The molecule has 1 heterocycles. The third-order valence-corrected chi connectivity index (χ3v) is 10.3. The number of nitrogens with zero attached hydrogens (tertiary/aromatic N) is 2. The van der Waals surface area contributed by atoms with Gasteiger partial charge in [-0.3, -0.25) is 0 Å². The Bertz CT molecular complexity index is 2830. The number of para-hydroxylation sites is 2. The van der Waals surface area contributed by atoms with E-state index in [9.17, 15) is 0 Å². The van der Waals surface area contributed by atoms with Gasteiger partial charge in [0.1, 0.15) is 0 Å². The van der Waals surface area contributed by atoms with Gasteiger partial charge in [0.25, 0.3) is 0 Å². The number of hydrogen-bond acceptors (Lipinski definition) is 1. The van der Waals surface area contributed by atoms with E-state index in [1.165, 1.54) is 65.6 Å². The van der Waals surface area contributed by atoms with Crippen molar-refractivity contribution in [2.24, 2.45) is 0 Å². The first-order valence-electron chi connectivity index (χ1n) is 17.9. The van der Waals surface area contributed by atoms with Gasteiger partial charge < -0.3 is 9.47 Å². The largest absolute Gasteiger partial charge is 0.311 e. The number of fused-ring (bicyclic) bond motifs is 6. The minimum absolute atomic E-state index is 1.12. The highest BCUT2D eigenvalue weighted by molar-refractivity contribution is 6.24. The second-order valence-electron chi connectivity index (χ2n) is 13.4. The summed E-state index contributed by atoms with van der Waals surface area (Å²) >= 11 is 0. The van der Waals surface area contributed by atoms with Gasteiger partial charge in [0, 0.05) is 38.9 Å². The molecule has 0 spiro atoms. The minimum atomic E-state index is 1.12. The SMILES string of the molecule is c1ccc(-c2ccc3c4c(-c5ccc(N(c6ccccc6)c6ccccc6)cc5)cc5ccccc5c4n(-c4ccc5ccccc5c4)c3c2)cc1. The molecule has 0 unspecified atom stereocenters. The fourth-order valence-corrected chi connectivity index (χ4v) is 7.90. The fourth-order valence-electron chi connectivity index (χ4n) is 7.90. The van der Waals surface area contributed by atoms with Crippen molar-refractivity contribution in [3.63, 3.8) is 0 Å². The minimum Gasteiger partial charge on any atom is -0.311 e. The van der Waals surface area contributed by atoms with Crippen LogP contribution in [0.4, 0.5) is 17.1 Å². The van der Waals surface area contributed by atoms with Crippen LogP contribution in [-0.4, -0.2) is 4.57 Å². The maximum atomic E-state index is 2.50. The Balaban J connectivity index is 1.24. The van der Waals surface area contributed by atoms with Crippen LogP contribution in [0.1, 0.15) is 0 Å². The summed E-state index contributed by atoms with van der Waals surface area (Å²) in [6, 6.07) is 74.7. The fraction of sp³-hybridized carbons (Fsp3) is 0. The van der Waals surface area contributed by atoms with Crippen molar-refractivity contribution >= 4 is 60.4 Å². The van der Waals surface area contributed by atoms with Crippen LogP contribution < -0.4 is 4.90 Å². The summed E-state index contributed by atoms with van der Waals surface area (Å²) in [5.74, 6) is 0. The second-order valence-corrected chi connectivity index (χ2v) is 13.4. The van der Waals surface area contributed by atoms with E-state index in [-0.39, 0.29) is 0 Å². The molecular weight excluding hydrogens is 629 g/mol. The van der Waals surface area contributed by atoms with Crippen LogP contribution in [0.25, 0.3) is 71.3 Å². The molecule has 0 atom stereocenters. The molecule has 2 heteroatoms. The molecule has 244 valence electrons. The highest BCUT2D eigenvalue weighted by atomic mass is 15.1. The van der Waals surface area contributed by atoms with Gasteiger partial charge in [0.05, 0.1) is 11.0 Å². The van der Waals surface area contributed by atoms with Crippen molar-refractivity contribution in [2.45, 2.75) is 0 Å². The van der Waals surface area contributed by atoms with Crippen molar-refractivity contribution in [3.8, 4) is 27.9 Å². The second kappa shape index (κ2) is 12.5. The summed E-state index contributed by atoms with van der Waals surface area (Å²) < 4.78 is 2.50. The monoisotopic (exact) mass is 662 g/mol. The Morgan fingerprint density at radius 2 is 0.923 bits per heavy atom.